The third-order valence-electron chi connectivity index (χ3n) is 3.49. The van der Waals surface area contributed by atoms with Crippen LogP contribution in [-0.4, -0.2) is 50.4 Å². The lowest BCUT2D eigenvalue weighted by molar-refractivity contribution is -0.137. The molecule has 1 heterocycles. The van der Waals surface area contributed by atoms with Crippen LogP contribution in [0.4, 0.5) is 0 Å². The normalized spacial score (nSPS) is 11.2. The minimum Gasteiger partial charge on any atom is -0.480 e. The van der Waals surface area contributed by atoms with E-state index in [1.54, 1.807) is 0 Å². The molecule has 0 aliphatic heterocycles. The summed E-state index contributed by atoms with van der Waals surface area (Å²) in [5, 5.41) is 10.4. The van der Waals surface area contributed by atoms with Gasteiger partial charge in [0.1, 0.15) is 6.54 Å². The first-order valence-electron chi connectivity index (χ1n) is 7.40. The molecule has 2 aromatic rings. The number of amides is 1. The van der Waals surface area contributed by atoms with Gasteiger partial charge in [0.25, 0.3) is 5.91 Å². The number of aliphatic carboxylic acids is 1. The summed E-state index contributed by atoms with van der Waals surface area (Å²) in [5.41, 5.74) is 0.982. The maximum Gasteiger partial charge on any atom is 0.323 e. The van der Waals surface area contributed by atoms with Gasteiger partial charge in [0.2, 0.25) is 10.0 Å². The molecule has 2 rings (SSSR count). The van der Waals surface area contributed by atoms with Crippen LogP contribution in [0.3, 0.4) is 0 Å². The van der Waals surface area contributed by atoms with E-state index in [1.807, 2.05) is 30.3 Å². The van der Waals surface area contributed by atoms with E-state index in [0.29, 0.717) is 6.42 Å². The van der Waals surface area contributed by atoms with Gasteiger partial charge in [-0.1, -0.05) is 30.3 Å². The van der Waals surface area contributed by atoms with Crippen molar-refractivity contribution in [3.05, 3.63) is 52.2 Å². The van der Waals surface area contributed by atoms with Crippen LogP contribution in [0.25, 0.3) is 0 Å². The van der Waals surface area contributed by atoms with Crippen molar-refractivity contribution in [3.8, 4) is 0 Å². The van der Waals surface area contributed by atoms with E-state index in [9.17, 15) is 18.0 Å². The van der Waals surface area contributed by atoms with E-state index in [1.165, 1.54) is 23.4 Å². The molecule has 1 aromatic carbocycles. The molecule has 0 aliphatic rings. The molecule has 25 heavy (non-hydrogen) atoms. The van der Waals surface area contributed by atoms with Gasteiger partial charge in [0, 0.05) is 11.9 Å². The Labute approximate surface area is 150 Å². The van der Waals surface area contributed by atoms with Crippen molar-refractivity contribution in [2.24, 2.45) is 0 Å². The first-order chi connectivity index (χ1) is 11.8. The van der Waals surface area contributed by atoms with E-state index in [2.05, 4.69) is 4.72 Å². The zero-order chi connectivity index (χ0) is 18.4. The summed E-state index contributed by atoms with van der Waals surface area (Å²) in [7, 11) is -2.36. The Morgan fingerprint density at radius 1 is 1.24 bits per heavy atom. The Morgan fingerprint density at radius 2 is 1.92 bits per heavy atom. The predicted molar refractivity (Wildman–Crippen MR) is 94.2 cm³/mol. The fraction of sp³-hybridized carbons (Fsp3) is 0.250. The number of nitrogens with one attached hydrogen (secondary N) is 1. The highest BCUT2D eigenvalue weighted by Gasteiger charge is 2.22. The zero-order valence-electron chi connectivity index (χ0n) is 13.5. The Kier molecular flexibility index (Phi) is 6.29. The second-order valence-corrected chi connectivity index (χ2v) is 8.01. The summed E-state index contributed by atoms with van der Waals surface area (Å²) >= 11 is 0.974. The quantitative estimate of drug-likeness (QED) is 0.719. The second kappa shape index (κ2) is 8.24. The number of carbonyl (C=O) groups is 2. The summed E-state index contributed by atoms with van der Waals surface area (Å²) < 4.78 is 25.7. The van der Waals surface area contributed by atoms with Crippen LogP contribution >= 0.6 is 11.3 Å². The fourth-order valence-corrected chi connectivity index (χ4v) is 4.14. The van der Waals surface area contributed by atoms with E-state index in [4.69, 9.17) is 5.11 Å². The van der Waals surface area contributed by atoms with Gasteiger partial charge in [-0.25, -0.2) is 13.1 Å². The number of hydrogen-bond acceptors (Lipinski definition) is 5. The van der Waals surface area contributed by atoms with Crippen molar-refractivity contribution < 1.29 is 23.1 Å². The molecule has 0 fully saturated rings. The molecule has 0 saturated carbocycles. The topological polar surface area (TPSA) is 104 Å². The lowest BCUT2D eigenvalue weighted by atomic mass is 10.1. The fourth-order valence-electron chi connectivity index (χ4n) is 2.17. The van der Waals surface area contributed by atoms with Crippen LogP contribution in [0.1, 0.15) is 15.2 Å². The number of benzene rings is 1. The maximum atomic E-state index is 12.6. The lowest BCUT2D eigenvalue weighted by Crippen LogP contribution is -2.36. The standard InChI is InChI=1S/C16H18N2O5S2/c1-17-25(22,23)13-9-14(24-11-13)16(21)18(10-15(19)20)8-7-12-5-3-2-4-6-12/h2-6,9,11,17H,7-8,10H2,1H3,(H,19,20). The maximum absolute atomic E-state index is 12.6. The minimum absolute atomic E-state index is 0.0123. The number of thiophene rings is 1. The molecular weight excluding hydrogens is 364 g/mol. The Morgan fingerprint density at radius 3 is 2.52 bits per heavy atom. The van der Waals surface area contributed by atoms with Crippen LogP contribution < -0.4 is 4.72 Å². The SMILES string of the molecule is CNS(=O)(=O)c1csc(C(=O)N(CCc2ccccc2)CC(=O)O)c1. The van der Waals surface area contributed by atoms with Crippen LogP contribution in [0, 0.1) is 0 Å². The van der Waals surface area contributed by atoms with Gasteiger partial charge in [-0.15, -0.1) is 11.3 Å². The Balaban J connectivity index is 2.16. The van der Waals surface area contributed by atoms with Crippen molar-refractivity contribution in [1.29, 1.82) is 0 Å². The summed E-state index contributed by atoms with van der Waals surface area (Å²) in [6.07, 6.45) is 0.507. The number of nitrogens with zero attached hydrogens (tertiary/aromatic N) is 1. The molecule has 1 amide bonds. The zero-order valence-corrected chi connectivity index (χ0v) is 15.1. The highest BCUT2D eigenvalue weighted by atomic mass is 32.2. The van der Waals surface area contributed by atoms with Crippen LogP contribution in [0.5, 0.6) is 0 Å². The summed E-state index contributed by atoms with van der Waals surface area (Å²) in [4.78, 5) is 25.0. The molecule has 7 nitrogen and oxygen atoms in total. The van der Waals surface area contributed by atoms with Crippen molar-refractivity contribution in [1.82, 2.24) is 9.62 Å². The highest BCUT2D eigenvalue weighted by molar-refractivity contribution is 7.89. The number of sulfonamides is 1. The van der Waals surface area contributed by atoms with Gasteiger partial charge in [-0.3, -0.25) is 9.59 Å². The van der Waals surface area contributed by atoms with E-state index >= 15 is 0 Å². The largest absolute Gasteiger partial charge is 0.480 e. The van der Waals surface area contributed by atoms with Crippen molar-refractivity contribution in [3.63, 3.8) is 0 Å². The summed E-state index contributed by atoms with van der Waals surface area (Å²) in [6.45, 7) is -0.223. The number of carboxylic acids is 1. The lowest BCUT2D eigenvalue weighted by Gasteiger charge is -2.20. The number of carbonyl (C=O) groups excluding carboxylic acids is 1. The molecule has 0 spiro atoms. The van der Waals surface area contributed by atoms with E-state index in [0.717, 1.165) is 16.9 Å². The molecule has 0 bridgehead atoms. The average Bonchev–Trinajstić information content (AvgIpc) is 3.09. The molecule has 0 unspecified atom stereocenters. The highest BCUT2D eigenvalue weighted by Crippen LogP contribution is 2.21. The van der Waals surface area contributed by atoms with E-state index < -0.39 is 28.4 Å². The molecule has 134 valence electrons. The van der Waals surface area contributed by atoms with Gasteiger partial charge in [-0.05, 0) is 25.1 Å². The van der Waals surface area contributed by atoms with Gasteiger partial charge in [0.05, 0.1) is 9.77 Å². The first-order valence-corrected chi connectivity index (χ1v) is 9.77. The van der Waals surface area contributed by atoms with E-state index in [-0.39, 0.29) is 16.3 Å². The second-order valence-electron chi connectivity index (χ2n) is 5.21. The average molecular weight is 382 g/mol. The molecule has 0 saturated heterocycles. The molecule has 2 N–H and O–H groups in total. The van der Waals surface area contributed by atoms with Gasteiger partial charge in [-0.2, -0.15) is 0 Å². The molecular formula is C16H18N2O5S2. The molecule has 0 radical (unpaired) electrons. The third-order valence-corrected chi connectivity index (χ3v) is 5.95. The van der Waals surface area contributed by atoms with Crippen LogP contribution in [-0.2, 0) is 21.2 Å². The van der Waals surface area contributed by atoms with Crippen molar-refractivity contribution in [2.75, 3.05) is 20.1 Å². The number of hydrogen-bond donors (Lipinski definition) is 2. The third kappa shape index (κ3) is 5.12. The number of carboxylic acid groups (broad SMARTS) is 1. The molecule has 0 atom stereocenters. The smallest absolute Gasteiger partial charge is 0.323 e. The van der Waals surface area contributed by atoms with Gasteiger partial charge >= 0.3 is 5.97 Å². The summed E-state index contributed by atoms with van der Waals surface area (Å²) in [5.74, 6) is -1.62. The van der Waals surface area contributed by atoms with Crippen molar-refractivity contribution in [2.45, 2.75) is 11.3 Å². The minimum atomic E-state index is -3.64. The van der Waals surface area contributed by atoms with Crippen molar-refractivity contribution >= 4 is 33.2 Å². The van der Waals surface area contributed by atoms with Gasteiger partial charge in [0.15, 0.2) is 0 Å². The molecule has 1 aromatic heterocycles. The van der Waals surface area contributed by atoms with Crippen LogP contribution in [0.15, 0.2) is 46.7 Å². The molecule has 0 aliphatic carbocycles. The Hall–Kier alpha value is -2.23. The molecule has 9 heteroatoms. The predicted octanol–water partition coefficient (Wildman–Crippen LogP) is 1.43. The Bertz CT molecular complexity index is 846. The monoisotopic (exact) mass is 382 g/mol. The van der Waals surface area contributed by atoms with Crippen LogP contribution in [0.2, 0.25) is 0 Å². The summed E-state index contributed by atoms with van der Waals surface area (Å²) in [6, 6.07) is 10.7. The number of rotatable bonds is 8. The first kappa shape index (κ1) is 19.1. The van der Waals surface area contributed by atoms with Gasteiger partial charge < -0.3 is 10.0 Å².